The fraction of sp³-hybridized carbons (Fsp3) is 0.368. The monoisotopic (exact) mass is 312 g/mol. The van der Waals surface area contributed by atoms with E-state index in [1.54, 1.807) is 14.2 Å². The number of fused-ring (bicyclic) bond motifs is 1. The Balaban J connectivity index is 2.58. The Kier molecular flexibility index (Phi) is 5.37. The Hall–Kier alpha value is -2.36. The van der Waals surface area contributed by atoms with E-state index in [9.17, 15) is 0 Å². The Morgan fingerprint density at radius 1 is 1.17 bits per heavy atom. The molecular formula is C19H24N2O2. The summed E-state index contributed by atoms with van der Waals surface area (Å²) in [5, 5.41) is 0.958. The van der Waals surface area contributed by atoms with Crippen LogP contribution < -0.4 is 9.47 Å². The Bertz CT molecular complexity index is 761. The highest BCUT2D eigenvalue weighted by Gasteiger charge is 2.10. The molecule has 23 heavy (non-hydrogen) atoms. The number of aliphatic imine (C=N–C) groups is 1. The zero-order valence-electron chi connectivity index (χ0n) is 14.7. The smallest absolute Gasteiger partial charge is 0.130 e. The van der Waals surface area contributed by atoms with Gasteiger partial charge in [0.15, 0.2) is 0 Å². The fourth-order valence-electron chi connectivity index (χ4n) is 2.44. The molecule has 0 bridgehead atoms. The third-order valence-corrected chi connectivity index (χ3v) is 3.75. The largest absolute Gasteiger partial charge is 0.497 e. The van der Waals surface area contributed by atoms with Crippen LogP contribution in [0.25, 0.3) is 10.9 Å². The number of pyridine rings is 1. The summed E-state index contributed by atoms with van der Waals surface area (Å²) < 4.78 is 10.8. The molecule has 2 rings (SSSR count). The predicted molar refractivity (Wildman–Crippen MR) is 95.7 cm³/mol. The van der Waals surface area contributed by atoms with Gasteiger partial charge >= 0.3 is 0 Å². The average molecular weight is 312 g/mol. The average Bonchev–Trinajstić information content (AvgIpc) is 2.57. The zero-order valence-corrected chi connectivity index (χ0v) is 14.7. The summed E-state index contributed by atoms with van der Waals surface area (Å²) in [5.41, 5.74) is 3.56. The third-order valence-electron chi connectivity index (χ3n) is 3.75. The van der Waals surface area contributed by atoms with Gasteiger partial charge in [-0.3, -0.25) is 4.99 Å². The molecule has 0 aliphatic carbocycles. The molecule has 0 saturated carbocycles. The van der Waals surface area contributed by atoms with Crippen molar-refractivity contribution in [1.82, 2.24) is 4.98 Å². The van der Waals surface area contributed by atoms with Crippen molar-refractivity contribution in [2.24, 2.45) is 10.9 Å². The number of aromatic nitrogens is 1. The summed E-state index contributed by atoms with van der Waals surface area (Å²) in [6.45, 7) is 8.24. The maximum atomic E-state index is 5.52. The van der Waals surface area contributed by atoms with Crippen LogP contribution in [0.15, 0.2) is 41.0 Å². The molecule has 0 spiro atoms. The molecule has 4 nitrogen and oxygen atoms in total. The normalized spacial score (nSPS) is 12.8. The molecule has 1 aromatic heterocycles. The molecule has 0 aliphatic rings. The molecule has 0 aliphatic heterocycles. The zero-order chi connectivity index (χ0) is 17.0. The molecule has 0 amide bonds. The number of allylic oxidation sites excluding steroid dienone is 2. The summed E-state index contributed by atoms with van der Waals surface area (Å²) in [4.78, 5) is 9.44. The molecule has 0 fully saturated rings. The maximum Gasteiger partial charge on any atom is 0.130 e. The van der Waals surface area contributed by atoms with Gasteiger partial charge in [0.05, 0.1) is 31.1 Å². The standard InChI is InChI=1S/C19H24N2O2/c1-7-16(12(2)3)20-13(4)17-11-19(23-6)15-9-8-14(22-5)10-18(15)21-17/h7-12H,1-6H3/b16-7-,20-13?. The topological polar surface area (TPSA) is 43.7 Å². The Morgan fingerprint density at radius 2 is 1.91 bits per heavy atom. The molecule has 0 atom stereocenters. The van der Waals surface area contributed by atoms with Gasteiger partial charge in [-0.15, -0.1) is 0 Å². The van der Waals surface area contributed by atoms with Crippen LogP contribution in [0.1, 0.15) is 33.4 Å². The number of methoxy groups -OCH3 is 2. The van der Waals surface area contributed by atoms with Gasteiger partial charge in [-0.25, -0.2) is 4.98 Å². The van der Waals surface area contributed by atoms with Crippen molar-refractivity contribution in [3.63, 3.8) is 0 Å². The number of hydrogen-bond donors (Lipinski definition) is 0. The van der Waals surface area contributed by atoms with Crippen molar-refractivity contribution < 1.29 is 9.47 Å². The second kappa shape index (κ2) is 7.27. The van der Waals surface area contributed by atoms with Gasteiger partial charge in [0.25, 0.3) is 0 Å². The summed E-state index contributed by atoms with van der Waals surface area (Å²) in [6.07, 6.45) is 2.04. The highest BCUT2D eigenvalue weighted by Crippen LogP contribution is 2.28. The van der Waals surface area contributed by atoms with E-state index in [0.717, 1.165) is 39.5 Å². The predicted octanol–water partition coefficient (Wildman–Crippen LogP) is 4.62. The van der Waals surface area contributed by atoms with Crippen LogP contribution in [0.4, 0.5) is 0 Å². The van der Waals surface area contributed by atoms with Crippen molar-refractivity contribution >= 4 is 16.6 Å². The van der Waals surface area contributed by atoms with Crippen molar-refractivity contribution in [3.8, 4) is 11.5 Å². The number of hydrogen-bond acceptors (Lipinski definition) is 4. The van der Waals surface area contributed by atoms with Crippen LogP contribution in [0, 0.1) is 5.92 Å². The van der Waals surface area contributed by atoms with Gasteiger partial charge < -0.3 is 9.47 Å². The second-order valence-corrected chi connectivity index (χ2v) is 5.66. The van der Waals surface area contributed by atoms with Crippen LogP contribution in [0.5, 0.6) is 11.5 Å². The van der Waals surface area contributed by atoms with Crippen LogP contribution in [0.3, 0.4) is 0 Å². The van der Waals surface area contributed by atoms with E-state index in [4.69, 9.17) is 19.5 Å². The van der Waals surface area contributed by atoms with Gasteiger partial charge in [0.1, 0.15) is 11.5 Å². The fourth-order valence-corrected chi connectivity index (χ4v) is 2.44. The van der Waals surface area contributed by atoms with Crippen molar-refractivity contribution in [1.29, 1.82) is 0 Å². The second-order valence-electron chi connectivity index (χ2n) is 5.66. The van der Waals surface area contributed by atoms with Crippen LogP contribution in [-0.4, -0.2) is 24.9 Å². The quantitative estimate of drug-likeness (QED) is 0.757. The first-order valence-electron chi connectivity index (χ1n) is 7.74. The van der Waals surface area contributed by atoms with Crippen LogP contribution in [-0.2, 0) is 0 Å². The van der Waals surface area contributed by atoms with E-state index in [2.05, 4.69) is 13.8 Å². The number of rotatable bonds is 5. The highest BCUT2D eigenvalue weighted by atomic mass is 16.5. The summed E-state index contributed by atoms with van der Waals surface area (Å²) in [6, 6.07) is 7.71. The lowest BCUT2D eigenvalue weighted by Crippen LogP contribution is -2.03. The molecule has 4 heteroatoms. The van der Waals surface area contributed by atoms with E-state index >= 15 is 0 Å². The maximum absolute atomic E-state index is 5.52. The first-order valence-corrected chi connectivity index (χ1v) is 7.74. The number of nitrogens with zero attached hydrogens (tertiary/aromatic N) is 2. The minimum atomic E-state index is 0.373. The molecule has 0 radical (unpaired) electrons. The summed E-state index contributed by atoms with van der Waals surface area (Å²) in [7, 11) is 3.32. The van der Waals surface area contributed by atoms with E-state index in [0.29, 0.717) is 5.92 Å². The molecule has 1 heterocycles. The third kappa shape index (κ3) is 3.70. The van der Waals surface area contributed by atoms with E-state index in [1.807, 2.05) is 44.2 Å². The summed E-state index contributed by atoms with van der Waals surface area (Å²) >= 11 is 0. The molecule has 122 valence electrons. The Labute approximate surface area is 137 Å². The molecule has 0 unspecified atom stereocenters. The van der Waals surface area contributed by atoms with Gasteiger partial charge in [-0.2, -0.15) is 0 Å². The summed E-state index contributed by atoms with van der Waals surface area (Å²) in [5.74, 6) is 1.93. The van der Waals surface area contributed by atoms with Crippen molar-refractivity contribution in [2.45, 2.75) is 27.7 Å². The van der Waals surface area contributed by atoms with Crippen molar-refractivity contribution in [3.05, 3.63) is 41.7 Å². The van der Waals surface area contributed by atoms with Crippen LogP contribution >= 0.6 is 0 Å². The SMILES string of the molecule is C/C=C(\N=C(C)c1cc(OC)c2ccc(OC)cc2n1)C(C)C. The van der Waals surface area contributed by atoms with Gasteiger partial charge in [-0.1, -0.05) is 19.9 Å². The first kappa shape index (κ1) is 17.0. The van der Waals surface area contributed by atoms with Gasteiger partial charge in [-0.05, 0) is 31.9 Å². The van der Waals surface area contributed by atoms with E-state index in [1.165, 1.54) is 0 Å². The first-order chi connectivity index (χ1) is 11.0. The lowest BCUT2D eigenvalue weighted by molar-refractivity contribution is 0.414. The number of ether oxygens (including phenoxy) is 2. The highest BCUT2D eigenvalue weighted by molar-refractivity contribution is 6.01. The molecule has 0 saturated heterocycles. The van der Waals surface area contributed by atoms with Crippen molar-refractivity contribution in [2.75, 3.05) is 14.2 Å². The lowest BCUT2D eigenvalue weighted by Gasteiger charge is -2.11. The minimum Gasteiger partial charge on any atom is -0.497 e. The van der Waals surface area contributed by atoms with Gasteiger partial charge in [0, 0.05) is 23.2 Å². The number of benzene rings is 1. The molecule has 0 N–H and O–H groups in total. The lowest BCUT2D eigenvalue weighted by atomic mass is 10.1. The minimum absolute atomic E-state index is 0.373. The van der Waals surface area contributed by atoms with E-state index in [-0.39, 0.29) is 0 Å². The molecule has 1 aromatic carbocycles. The Morgan fingerprint density at radius 3 is 2.48 bits per heavy atom. The molecule has 2 aromatic rings. The van der Waals surface area contributed by atoms with E-state index < -0.39 is 0 Å². The molecular weight excluding hydrogens is 288 g/mol. The van der Waals surface area contributed by atoms with Crippen LogP contribution in [0.2, 0.25) is 0 Å². The van der Waals surface area contributed by atoms with Gasteiger partial charge in [0.2, 0.25) is 0 Å².